The number of ether oxygens (including phenoxy) is 1. The molecule has 4 heteroatoms. The van der Waals surface area contributed by atoms with E-state index in [2.05, 4.69) is 0 Å². The highest BCUT2D eigenvalue weighted by molar-refractivity contribution is 5.72. The van der Waals surface area contributed by atoms with E-state index in [1.807, 2.05) is 13.8 Å². The standard InChI is InChI=1S/C18H25NO3/c1-3-21-16(20)7-15-11(2)22-17(19-15)18-8-12-4-13(9-18)6-14(5-12)10-18/h12-14H,3-10H2,1-2H3. The third-order valence-corrected chi connectivity index (χ3v) is 6.00. The Morgan fingerprint density at radius 1 is 1.23 bits per heavy atom. The van der Waals surface area contributed by atoms with Gasteiger partial charge in [0.25, 0.3) is 0 Å². The molecule has 22 heavy (non-hydrogen) atoms. The van der Waals surface area contributed by atoms with E-state index in [1.54, 1.807) is 0 Å². The maximum absolute atomic E-state index is 11.7. The van der Waals surface area contributed by atoms with E-state index in [0.717, 1.165) is 35.1 Å². The number of aryl methyl sites for hydroxylation is 1. The maximum Gasteiger partial charge on any atom is 0.311 e. The molecule has 0 spiro atoms. The number of nitrogens with zero attached hydrogens (tertiary/aromatic N) is 1. The summed E-state index contributed by atoms with van der Waals surface area (Å²) in [5.41, 5.74) is 0.927. The number of esters is 1. The van der Waals surface area contributed by atoms with Crippen LogP contribution in [-0.4, -0.2) is 17.6 Å². The molecule has 4 saturated carbocycles. The van der Waals surface area contributed by atoms with Crippen LogP contribution < -0.4 is 0 Å². The maximum atomic E-state index is 11.7. The fourth-order valence-electron chi connectivity index (χ4n) is 5.54. The average Bonchev–Trinajstić information content (AvgIpc) is 2.79. The van der Waals surface area contributed by atoms with Crippen molar-refractivity contribution in [1.29, 1.82) is 0 Å². The normalized spacial score (nSPS) is 35.8. The summed E-state index contributed by atoms with van der Waals surface area (Å²) in [6.07, 6.45) is 8.17. The van der Waals surface area contributed by atoms with Gasteiger partial charge < -0.3 is 9.15 Å². The van der Waals surface area contributed by atoms with Crippen LogP contribution in [0.1, 0.15) is 62.8 Å². The summed E-state index contributed by atoms with van der Waals surface area (Å²) >= 11 is 0. The second-order valence-electron chi connectivity index (χ2n) is 7.70. The zero-order chi connectivity index (χ0) is 15.3. The number of carbonyl (C=O) groups is 1. The van der Waals surface area contributed by atoms with Gasteiger partial charge in [0.1, 0.15) is 5.76 Å². The number of oxazole rings is 1. The van der Waals surface area contributed by atoms with Crippen molar-refractivity contribution >= 4 is 5.97 Å². The van der Waals surface area contributed by atoms with Crippen molar-refractivity contribution < 1.29 is 13.9 Å². The van der Waals surface area contributed by atoms with E-state index in [1.165, 1.54) is 38.5 Å². The van der Waals surface area contributed by atoms with Crippen molar-refractivity contribution in [3.63, 3.8) is 0 Å². The molecule has 4 bridgehead atoms. The van der Waals surface area contributed by atoms with Gasteiger partial charge in [-0.1, -0.05) is 0 Å². The Morgan fingerprint density at radius 2 is 1.82 bits per heavy atom. The van der Waals surface area contributed by atoms with Gasteiger partial charge >= 0.3 is 5.97 Å². The first-order valence-corrected chi connectivity index (χ1v) is 8.70. The van der Waals surface area contributed by atoms with Crippen molar-refractivity contribution in [3.8, 4) is 0 Å². The smallest absolute Gasteiger partial charge is 0.311 e. The van der Waals surface area contributed by atoms with E-state index in [9.17, 15) is 4.79 Å². The van der Waals surface area contributed by atoms with Crippen LogP contribution in [0.2, 0.25) is 0 Å². The van der Waals surface area contributed by atoms with Crippen LogP contribution in [0.15, 0.2) is 4.42 Å². The zero-order valence-corrected chi connectivity index (χ0v) is 13.6. The molecule has 0 atom stereocenters. The van der Waals surface area contributed by atoms with Gasteiger partial charge in [0.05, 0.1) is 18.7 Å². The quantitative estimate of drug-likeness (QED) is 0.798. The second-order valence-corrected chi connectivity index (χ2v) is 7.70. The topological polar surface area (TPSA) is 52.3 Å². The summed E-state index contributed by atoms with van der Waals surface area (Å²) in [5.74, 6) is 4.09. The lowest BCUT2D eigenvalue weighted by atomic mass is 9.49. The van der Waals surface area contributed by atoms with E-state index >= 15 is 0 Å². The monoisotopic (exact) mass is 303 g/mol. The summed E-state index contributed by atoms with van der Waals surface area (Å²) in [4.78, 5) is 16.5. The van der Waals surface area contributed by atoms with Gasteiger partial charge in [-0.3, -0.25) is 4.79 Å². The van der Waals surface area contributed by atoms with Crippen LogP contribution in [0.25, 0.3) is 0 Å². The molecule has 0 amide bonds. The van der Waals surface area contributed by atoms with Gasteiger partial charge in [-0.2, -0.15) is 0 Å². The lowest BCUT2D eigenvalue weighted by Crippen LogP contribution is -2.48. The highest BCUT2D eigenvalue weighted by Gasteiger charge is 2.54. The Morgan fingerprint density at radius 3 is 2.36 bits per heavy atom. The predicted octanol–water partition coefficient (Wildman–Crippen LogP) is 3.56. The third kappa shape index (κ3) is 2.27. The lowest BCUT2D eigenvalue weighted by Gasteiger charge is -2.55. The number of hydrogen-bond donors (Lipinski definition) is 0. The Bertz CT molecular complexity index is 554. The molecule has 0 aromatic carbocycles. The van der Waals surface area contributed by atoms with Gasteiger partial charge in [-0.25, -0.2) is 4.98 Å². The van der Waals surface area contributed by atoms with Crippen molar-refractivity contribution in [2.24, 2.45) is 17.8 Å². The molecule has 1 heterocycles. The summed E-state index contributed by atoms with van der Waals surface area (Å²) in [6.45, 7) is 4.16. The summed E-state index contributed by atoms with van der Waals surface area (Å²) in [7, 11) is 0. The Labute approximate surface area is 131 Å². The van der Waals surface area contributed by atoms with Gasteiger partial charge in [0, 0.05) is 5.41 Å². The summed E-state index contributed by atoms with van der Waals surface area (Å²) in [6, 6.07) is 0. The minimum absolute atomic E-state index is 0.159. The van der Waals surface area contributed by atoms with E-state index in [0.29, 0.717) is 6.61 Å². The van der Waals surface area contributed by atoms with Crippen molar-refractivity contribution in [2.45, 2.75) is 64.2 Å². The molecule has 0 saturated heterocycles. The third-order valence-electron chi connectivity index (χ3n) is 6.00. The molecular weight excluding hydrogens is 278 g/mol. The number of hydrogen-bond acceptors (Lipinski definition) is 4. The second kappa shape index (κ2) is 5.10. The molecule has 5 rings (SSSR count). The number of carbonyl (C=O) groups excluding carboxylic acids is 1. The predicted molar refractivity (Wildman–Crippen MR) is 81.4 cm³/mol. The first-order valence-electron chi connectivity index (χ1n) is 8.70. The van der Waals surface area contributed by atoms with Crippen LogP contribution in [0.5, 0.6) is 0 Å². The minimum atomic E-state index is -0.212. The summed E-state index contributed by atoms with van der Waals surface area (Å²) < 4.78 is 11.1. The zero-order valence-electron chi connectivity index (χ0n) is 13.6. The molecular formula is C18H25NO3. The van der Waals surface area contributed by atoms with Crippen molar-refractivity contribution in [3.05, 3.63) is 17.3 Å². The first-order chi connectivity index (χ1) is 10.6. The van der Waals surface area contributed by atoms with Crippen molar-refractivity contribution in [1.82, 2.24) is 4.98 Å². The molecule has 0 N–H and O–H groups in total. The molecule has 1 aromatic heterocycles. The van der Waals surface area contributed by atoms with Crippen LogP contribution >= 0.6 is 0 Å². The van der Waals surface area contributed by atoms with E-state index in [-0.39, 0.29) is 17.8 Å². The van der Waals surface area contributed by atoms with Gasteiger partial charge in [-0.05, 0) is 70.1 Å². The molecule has 4 fully saturated rings. The van der Waals surface area contributed by atoms with Crippen LogP contribution in [-0.2, 0) is 21.4 Å². The average molecular weight is 303 g/mol. The number of rotatable bonds is 4. The van der Waals surface area contributed by atoms with E-state index < -0.39 is 0 Å². The summed E-state index contributed by atoms with van der Waals surface area (Å²) in [5, 5.41) is 0. The van der Waals surface area contributed by atoms with Gasteiger partial charge in [0.2, 0.25) is 5.89 Å². The SMILES string of the molecule is CCOC(=O)Cc1nc(C23CC4CC(CC(C4)C2)C3)oc1C. The molecule has 0 unspecified atom stereocenters. The molecule has 120 valence electrons. The molecule has 4 nitrogen and oxygen atoms in total. The fraction of sp³-hybridized carbons (Fsp3) is 0.778. The fourth-order valence-corrected chi connectivity index (χ4v) is 5.54. The minimum Gasteiger partial charge on any atom is -0.466 e. The largest absolute Gasteiger partial charge is 0.466 e. The van der Waals surface area contributed by atoms with Crippen LogP contribution in [0.4, 0.5) is 0 Å². The van der Waals surface area contributed by atoms with E-state index in [4.69, 9.17) is 14.1 Å². The van der Waals surface area contributed by atoms with Crippen LogP contribution in [0.3, 0.4) is 0 Å². The highest BCUT2D eigenvalue weighted by Crippen LogP contribution is 2.60. The lowest BCUT2D eigenvalue weighted by molar-refractivity contribution is -0.142. The Kier molecular flexibility index (Phi) is 3.31. The van der Waals surface area contributed by atoms with Crippen molar-refractivity contribution in [2.75, 3.05) is 6.61 Å². The molecule has 0 radical (unpaired) electrons. The number of aromatic nitrogens is 1. The Hall–Kier alpha value is -1.32. The molecule has 0 aliphatic heterocycles. The molecule has 4 aliphatic rings. The Balaban J connectivity index is 1.59. The van der Waals surface area contributed by atoms with Gasteiger partial charge in [0.15, 0.2) is 0 Å². The van der Waals surface area contributed by atoms with Crippen LogP contribution in [0, 0.1) is 24.7 Å². The first kappa shape index (κ1) is 14.3. The highest BCUT2D eigenvalue weighted by atomic mass is 16.5. The molecule has 4 aliphatic carbocycles. The van der Waals surface area contributed by atoms with Gasteiger partial charge in [-0.15, -0.1) is 0 Å². The molecule has 1 aromatic rings.